The molecule has 19 heavy (non-hydrogen) atoms. The van der Waals surface area contributed by atoms with Crippen LogP contribution >= 0.6 is 23.2 Å². The fourth-order valence-corrected chi connectivity index (χ4v) is 1.95. The highest BCUT2D eigenvalue weighted by atomic mass is 35.5. The van der Waals surface area contributed by atoms with Crippen LogP contribution in [0.3, 0.4) is 0 Å². The summed E-state index contributed by atoms with van der Waals surface area (Å²) in [5.41, 5.74) is 1.49. The standard InChI is InChI=1S/C14H14Cl2N2O/c1-14(2,3)9-4-6-10(7-5-9)18-13(19)12(16)11(15)8-17-18/h4-8H,1-3H3. The van der Waals surface area contributed by atoms with Gasteiger partial charge in [0.05, 0.1) is 16.9 Å². The zero-order chi connectivity index (χ0) is 14.2. The monoisotopic (exact) mass is 296 g/mol. The fourth-order valence-electron chi connectivity index (χ4n) is 1.70. The summed E-state index contributed by atoms with van der Waals surface area (Å²) in [5.74, 6) is 0. The highest BCUT2D eigenvalue weighted by Gasteiger charge is 2.14. The molecule has 0 unspecified atom stereocenters. The van der Waals surface area contributed by atoms with E-state index in [1.807, 2.05) is 24.3 Å². The summed E-state index contributed by atoms with van der Waals surface area (Å²) < 4.78 is 1.24. The molecule has 0 fully saturated rings. The highest BCUT2D eigenvalue weighted by Crippen LogP contribution is 2.23. The fraction of sp³-hybridized carbons (Fsp3) is 0.286. The molecule has 0 aliphatic rings. The molecule has 0 saturated heterocycles. The van der Waals surface area contributed by atoms with Crippen LogP contribution in [0.4, 0.5) is 0 Å². The van der Waals surface area contributed by atoms with Gasteiger partial charge < -0.3 is 0 Å². The average molecular weight is 297 g/mol. The van der Waals surface area contributed by atoms with Crippen molar-refractivity contribution >= 4 is 23.2 Å². The Morgan fingerprint density at radius 3 is 2.21 bits per heavy atom. The van der Waals surface area contributed by atoms with Crippen LogP contribution in [0.25, 0.3) is 5.69 Å². The maximum atomic E-state index is 12.0. The van der Waals surface area contributed by atoms with Gasteiger partial charge >= 0.3 is 0 Å². The average Bonchev–Trinajstić information content (AvgIpc) is 2.35. The lowest BCUT2D eigenvalue weighted by Crippen LogP contribution is -2.21. The van der Waals surface area contributed by atoms with E-state index in [2.05, 4.69) is 25.9 Å². The highest BCUT2D eigenvalue weighted by molar-refractivity contribution is 6.41. The van der Waals surface area contributed by atoms with Crippen LogP contribution in [0.15, 0.2) is 35.3 Å². The Labute approximate surface area is 121 Å². The molecular weight excluding hydrogens is 283 g/mol. The summed E-state index contributed by atoms with van der Waals surface area (Å²) >= 11 is 11.6. The van der Waals surface area contributed by atoms with Gasteiger partial charge in [-0.25, -0.2) is 0 Å². The molecular formula is C14H14Cl2N2O. The van der Waals surface area contributed by atoms with Crippen molar-refractivity contribution in [3.05, 3.63) is 56.4 Å². The van der Waals surface area contributed by atoms with Gasteiger partial charge in [-0.15, -0.1) is 0 Å². The predicted molar refractivity (Wildman–Crippen MR) is 78.6 cm³/mol. The Kier molecular flexibility index (Phi) is 3.70. The van der Waals surface area contributed by atoms with Crippen molar-refractivity contribution in [1.29, 1.82) is 0 Å². The number of benzene rings is 1. The molecule has 1 aromatic heterocycles. The van der Waals surface area contributed by atoms with Gasteiger partial charge in [0, 0.05) is 0 Å². The quantitative estimate of drug-likeness (QED) is 0.801. The molecule has 0 amide bonds. The van der Waals surface area contributed by atoms with E-state index in [9.17, 15) is 4.79 Å². The summed E-state index contributed by atoms with van der Waals surface area (Å²) in [6, 6.07) is 7.65. The third kappa shape index (κ3) is 2.82. The summed E-state index contributed by atoms with van der Waals surface area (Å²) in [6.07, 6.45) is 1.36. The maximum absolute atomic E-state index is 12.0. The second-order valence-electron chi connectivity index (χ2n) is 5.32. The SMILES string of the molecule is CC(C)(C)c1ccc(-n2ncc(Cl)c(Cl)c2=O)cc1. The lowest BCUT2D eigenvalue weighted by molar-refractivity contribution is 0.590. The van der Waals surface area contributed by atoms with Crippen molar-refractivity contribution in [2.24, 2.45) is 0 Å². The first-order chi connectivity index (χ1) is 8.80. The topological polar surface area (TPSA) is 34.9 Å². The second kappa shape index (κ2) is 4.99. The van der Waals surface area contributed by atoms with Crippen LogP contribution < -0.4 is 5.56 Å². The molecule has 0 radical (unpaired) electrons. The van der Waals surface area contributed by atoms with Crippen LogP contribution in [0.1, 0.15) is 26.3 Å². The summed E-state index contributed by atoms with van der Waals surface area (Å²) in [6.45, 7) is 6.39. The summed E-state index contributed by atoms with van der Waals surface area (Å²) in [5, 5.41) is 4.13. The van der Waals surface area contributed by atoms with E-state index in [0.717, 1.165) is 0 Å². The van der Waals surface area contributed by atoms with Crippen molar-refractivity contribution < 1.29 is 0 Å². The van der Waals surface area contributed by atoms with Crippen molar-refractivity contribution in [2.75, 3.05) is 0 Å². The van der Waals surface area contributed by atoms with E-state index in [0.29, 0.717) is 5.69 Å². The molecule has 0 aliphatic heterocycles. The van der Waals surface area contributed by atoms with E-state index in [4.69, 9.17) is 23.2 Å². The Bertz CT molecular complexity index is 655. The van der Waals surface area contributed by atoms with E-state index in [-0.39, 0.29) is 15.5 Å². The van der Waals surface area contributed by atoms with Gasteiger partial charge in [0.25, 0.3) is 5.56 Å². The zero-order valence-electron chi connectivity index (χ0n) is 10.9. The first kappa shape index (κ1) is 14.1. The van der Waals surface area contributed by atoms with Gasteiger partial charge in [-0.2, -0.15) is 9.78 Å². The Hall–Kier alpha value is -1.32. The molecule has 5 heteroatoms. The molecule has 100 valence electrons. The molecule has 2 aromatic rings. The predicted octanol–water partition coefficient (Wildman–Crippen LogP) is 3.84. The molecule has 0 spiro atoms. The minimum Gasteiger partial charge on any atom is -0.266 e. The van der Waals surface area contributed by atoms with E-state index < -0.39 is 5.56 Å². The maximum Gasteiger partial charge on any atom is 0.291 e. The van der Waals surface area contributed by atoms with Gasteiger partial charge in [-0.05, 0) is 23.1 Å². The first-order valence-corrected chi connectivity index (χ1v) is 6.60. The second-order valence-corrected chi connectivity index (χ2v) is 6.11. The first-order valence-electron chi connectivity index (χ1n) is 5.85. The molecule has 1 heterocycles. The lowest BCUT2D eigenvalue weighted by Gasteiger charge is -2.19. The van der Waals surface area contributed by atoms with Gasteiger partial charge in [-0.1, -0.05) is 56.1 Å². The smallest absolute Gasteiger partial charge is 0.266 e. The van der Waals surface area contributed by atoms with Gasteiger partial charge in [0.2, 0.25) is 0 Å². The van der Waals surface area contributed by atoms with E-state index in [1.165, 1.54) is 16.4 Å². The minimum atomic E-state index is -0.419. The largest absolute Gasteiger partial charge is 0.291 e. The number of halogens is 2. The molecule has 0 N–H and O–H groups in total. The van der Waals surface area contributed by atoms with Crippen LogP contribution in [0, 0.1) is 0 Å². The third-order valence-electron chi connectivity index (χ3n) is 2.85. The van der Waals surface area contributed by atoms with Crippen molar-refractivity contribution in [1.82, 2.24) is 9.78 Å². The van der Waals surface area contributed by atoms with Crippen LogP contribution in [0.5, 0.6) is 0 Å². The van der Waals surface area contributed by atoms with Crippen LogP contribution in [-0.2, 0) is 5.41 Å². The number of aromatic nitrogens is 2. The molecule has 2 rings (SSSR count). The van der Waals surface area contributed by atoms with E-state index >= 15 is 0 Å². The molecule has 0 saturated carbocycles. The number of hydrogen-bond acceptors (Lipinski definition) is 2. The Morgan fingerprint density at radius 1 is 1.11 bits per heavy atom. The molecule has 0 aliphatic carbocycles. The van der Waals surface area contributed by atoms with Crippen LogP contribution in [-0.4, -0.2) is 9.78 Å². The number of rotatable bonds is 1. The van der Waals surface area contributed by atoms with Crippen LogP contribution in [0.2, 0.25) is 10.0 Å². The zero-order valence-corrected chi connectivity index (χ0v) is 12.5. The van der Waals surface area contributed by atoms with Crippen molar-refractivity contribution in [3.63, 3.8) is 0 Å². The molecule has 0 bridgehead atoms. The number of nitrogens with zero attached hydrogens (tertiary/aromatic N) is 2. The Morgan fingerprint density at radius 2 is 1.68 bits per heavy atom. The normalized spacial score (nSPS) is 11.6. The Balaban J connectivity index is 2.50. The van der Waals surface area contributed by atoms with Crippen molar-refractivity contribution in [2.45, 2.75) is 26.2 Å². The lowest BCUT2D eigenvalue weighted by atomic mass is 9.87. The summed E-state index contributed by atoms with van der Waals surface area (Å²) in [4.78, 5) is 12.0. The molecule has 3 nitrogen and oxygen atoms in total. The van der Waals surface area contributed by atoms with Gasteiger partial charge in [-0.3, -0.25) is 4.79 Å². The van der Waals surface area contributed by atoms with Gasteiger partial charge in [0.1, 0.15) is 5.02 Å². The van der Waals surface area contributed by atoms with Gasteiger partial charge in [0.15, 0.2) is 0 Å². The summed E-state index contributed by atoms with van der Waals surface area (Å²) in [7, 11) is 0. The molecule has 0 atom stereocenters. The molecule has 1 aromatic carbocycles. The minimum absolute atomic E-state index is 0.0171. The van der Waals surface area contributed by atoms with Crippen molar-refractivity contribution in [3.8, 4) is 5.69 Å². The number of hydrogen-bond donors (Lipinski definition) is 0. The van der Waals surface area contributed by atoms with E-state index in [1.54, 1.807) is 0 Å². The third-order valence-corrected chi connectivity index (χ3v) is 3.60.